The fourth-order valence-electron chi connectivity index (χ4n) is 2.01. The molecular formula is C18H20FNO2. The van der Waals surface area contributed by atoms with Gasteiger partial charge < -0.3 is 10.1 Å². The Morgan fingerprint density at radius 1 is 1.14 bits per heavy atom. The van der Waals surface area contributed by atoms with Crippen LogP contribution in [0.4, 0.5) is 10.1 Å². The number of carbonyl (C=O) groups is 1. The van der Waals surface area contributed by atoms with Gasteiger partial charge in [0.1, 0.15) is 11.6 Å². The van der Waals surface area contributed by atoms with Gasteiger partial charge in [-0.15, -0.1) is 0 Å². The fraction of sp³-hybridized carbons (Fsp3) is 0.278. The standard InChI is InChI=1S/C18H20FNO2/c1-4-9-22-15-7-8-17(13(3)10-15)20-18(21)14-6-5-12(2)16(19)11-14/h5-8,10-11H,4,9H2,1-3H3,(H,20,21). The smallest absolute Gasteiger partial charge is 0.255 e. The Kier molecular flexibility index (Phi) is 5.15. The van der Waals surface area contributed by atoms with Crippen molar-refractivity contribution in [1.29, 1.82) is 0 Å². The van der Waals surface area contributed by atoms with Crippen molar-refractivity contribution >= 4 is 11.6 Å². The zero-order valence-corrected chi connectivity index (χ0v) is 13.1. The van der Waals surface area contributed by atoms with Crippen LogP contribution in [0, 0.1) is 19.7 Å². The highest BCUT2D eigenvalue weighted by Crippen LogP contribution is 2.22. The second-order valence-electron chi connectivity index (χ2n) is 5.24. The van der Waals surface area contributed by atoms with Gasteiger partial charge in [-0.25, -0.2) is 4.39 Å². The lowest BCUT2D eigenvalue weighted by atomic mass is 10.1. The monoisotopic (exact) mass is 301 g/mol. The lowest BCUT2D eigenvalue weighted by Gasteiger charge is -2.11. The third-order valence-electron chi connectivity index (χ3n) is 3.35. The molecule has 1 amide bonds. The Morgan fingerprint density at radius 2 is 1.91 bits per heavy atom. The summed E-state index contributed by atoms with van der Waals surface area (Å²) in [5.74, 6) is 0.0654. The average molecular weight is 301 g/mol. The number of aryl methyl sites for hydroxylation is 2. The first-order chi connectivity index (χ1) is 10.5. The minimum atomic E-state index is -0.382. The van der Waals surface area contributed by atoms with Crippen LogP contribution in [-0.4, -0.2) is 12.5 Å². The lowest BCUT2D eigenvalue weighted by molar-refractivity contribution is 0.102. The third-order valence-corrected chi connectivity index (χ3v) is 3.35. The van der Waals surface area contributed by atoms with Crippen LogP contribution in [0.25, 0.3) is 0 Å². The number of hydrogen-bond donors (Lipinski definition) is 1. The van der Waals surface area contributed by atoms with Gasteiger partial charge >= 0.3 is 0 Å². The number of amides is 1. The van der Waals surface area contributed by atoms with E-state index in [4.69, 9.17) is 4.74 Å². The van der Waals surface area contributed by atoms with E-state index >= 15 is 0 Å². The summed E-state index contributed by atoms with van der Waals surface area (Å²) in [6.07, 6.45) is 0.941. The molecule has 3 nitrogen and oxygen atoms in total. The molecule has 1 N–H and O–H groups in total. The van der Waals surface area contributed by atoms with Gasteiger partial charge in [-0.1, -0.05) is 13.0 Å². The summed E-state index contributed by atoms with van der Waals surface area (Å²) in [6.45, 7) is 6.26. The Morgan fingerprint density at radius 3 is 2.55 bits per heavy atom. The van der Waals surface area contributed by atoms with Crippen molar-refractivity contribution in [2.24, 2.45) is 0 Å². The highest BCUT2D eigenvalue weighted by Gasteiger charge is 2.10. The van der Waals surface area contributed by atoms with E-state index < -0.39 is 0 Å². The summed E-state index contributed by atoms with van der Waals surface area (Å²) in [5.41, 5.74) is 2.41. The molecule has 0 aliphatic heterocycles. The molecule has 0 bridgehead atoms. The third kappa shape index (κ3) is 3.85. The van der Waals surface area contributed by atoms with Crippen LogP contribution >= 0.6 is 0 Å². The molecule has 0 spiro atoms. The first-order valence-corrected chi connectivity index (χ1v) is 7.32. The largest absolute Gasteiger partial charge is 0.494 e. The SMILES string of the molecule is CCCOc1ccc(NC(=O)c2ccc(C)c(F)c2)c(C)c1. The number of anilines is 1. The van der Waals surface area contributed by atoms with E-state index in [0.29, 0.717) is 23.4 Å². The molecule has 116 valence electrons. The molecule has 4 heteroatoms. The predicted molar refractivity (Wildman–Crippen MR) is 86.1 cm³/mol. The number of ether oxygens (including phenoxy) is 1. The molecule has 2 aromatic rings. The highest BCUT2D eigenvalue weighted by molar-refractivity contribution is 6.04. The van der Waals surface area contributed by atoms with E-state index in [1.54, 1.807) is 25.1 Å². The lowest BCUT2D eigenvalue weighted by Crippen LogP contribution is -2.13. The van der Waals surface area contributed by atoms with Crippen molar-refractivity contribution in [2.75, 3.05) is 11.9 Å². The van der Waals surface area contributed by atoms with E-state index in [9.17, 15) is 9.18 Å². The number of hydrogen-bond acceptors (Lipinski definition) is 2. The van der Waals surface area contributed by atoms with Crippen LogP contribution in [-0.2, 0) is 0 Å². The molecule has 0 aromatic heterocycles. The summed E-state index contributed by atoms with van der Waals surface area (Å²) in [4.78, 5) is 12.2. The van der Waals surface area contributed by atoms with E-state index in [2.05, 4.69) is 5.32 Å². The fourth-order valence-corrected chi connectivity index (χ4v) is 2.01. The van der Waals surface area contributed by atoms with Crippen molar-refractivity contribution in [2.45, 2.75) is 27.2 Å². The number of benzene rings is 2. The molecule has 0 saturated carbocycles. The first kappa shape index (κ1) is 16.0. The average Bonchev–Trinajstić information content (AvgIpc) is 2.50. The molecule has 0 saturated heterocycles. The molecule has 0 fully saturated rings. The number of carbonyl (C=O) groups excluding carboxylic acids is 1. The van der Waals surface area contributed by atoms with Gasteiger partial charge in [-0.2, -0.15) is 0 Å². The van der Waals surface area contributed by atoms with E-state index in [-0.39, 0.29) is 11.7 Å². The van der Waals surface area contributed by atoms with E-state index in [1.165, 1.54) is 6.07 Å². The Balaban J connectivity index is 2.12. The van der Waals surface area contributed by atoms with Gasteiger partial charge in [0.15, 0.2) is 0 Å². The maximum absolute atomic E-state index is 13.5. The summed E-state index contributed by atoms with van der Waals surface area (Å²) < 4.78 is 19.1. The van der Waals surface area contributed by atoms with Gasteiger partial charge in [0.25, 0.3) is 5.91 Å². The maximum atomic E-state index is 13.5. The van der Waals surface area contributed by atoms with E-state index in [1.807, 2.05) is 26.0 Å². The van der Waals surface area contributed by atoms with Crippen LogP contribution in [0.3, 0.4) is 0 Å². The summed E-state index contributed by atoms with van der Waals surface area (Å²) in [6, 6.07) is 9.94. The summed E-state index contributed by atoms with van der Waals surface area (Å²) >= 11 is 0. The Hall–Kier alpha value is -2.36. The molecule has 0 radical (unpaired) electrons. The molecule has 0 aliphatic rings. The van der Waals surface area contributed by atoms with Crippen LogP contribution in [0.2, 0.25) is 0 Å². The first-order valence-electron chi connectivity index (χ1n) is 7.32. The summed E-state index contributed by atoms with van der Waals surface area (Å²) in [7, 11) is 0. The quantitative estimate of drug-likeness (QED) is 0.884. The second kappa shape index (κ2) is 7.07. The van der Waals surface area contributed by atoms with Crippen molar-refractivity contribution in [3.8, 4) is 5.75 Å². The number of rotatable bonds is 5. The van der Waals surface area contributed by atoms with Crippen LogP contribution < -0.4 is 10.1 Å². The van der Waals surface area contributed by atoms with Crippen molar-refractivity contribution in [1.82, 2.24) is 0 Å². The zero-order chi connectivity index (χ0) is 16.1. The van der Waals surface area contributed by atoms with Crippen molar-refractivity contribution in [3.05, 3.63) is 58.9 Å². The molecule has 22 heavy (non-hydrogen) atoms. The molecular weight excluding hydrogens is 281 g/mol. The minimum Gasteiger partial charge on any atom is -0.494 e. The van der Waals surface area contributed by atoms with Crippen molar-refractivity contribution < 1.29 is 13.9 Å². The van der Waals surface area contributed by atoms with Gasteiger partial charge in [0.2, 0.25) is 0 Å². The number of halogens is 1. The van der Waals surface area contributed by atoms with Gasteiger partial charge in [-0.05, 0) is 61.7 Å². The second-order valence-corrected chi connectivity index (χ2v) is 5.24. The molecule has 0 atom stereocenters. The molecule has 2 rings (SSSR count). The normalized spacial score (nSPS) is 10.4. The maximum Gasteiger partial charge on any atom is 0.255 e. The van der Waals surface area contributed by atoms with Gasteiger partial charge in [-0.3, -0.25) is 4.79 Å². The Bertz CT molecular complexity index is 683. The molecule has 2 aromatic carbocycles. The topological polar surface area (TPSA) is 38.3 Å². The van der Waals surface area contributed by atoms with Gasteiger partial charge in [0, 0.05) is 11.3 Å². The van der Waals surface area contributed by atoms with Crippen molar-refractivity contribution in [3.63, 3.8) is 0 Å². The Labute approximate surface area is 130 Å². The minimum absolute atomic E-state index is 0.300. The predicted octanol–water partition coefficient (Wildman–Crippen LogP) is 4.48. The van der Waals surface area contributed by atoms with Crippen LogP contribution in [0.15, 0.2) is 36.4 Å². The van der Waals surface area contributed by atoms with Gasteiger partial charge in [0.05, 0.1) is 6.61 Å². The zero-order valence-electron chi connectivity index (χ0n) is 13.1. The van der Waals surface area contributed by atoms with Crippen LogP contribution in [0.5, 0.6) is 5.75 Å². The highest BCUT2D eigenvalue weighted by atomic mass is 19.1. The number of nitrogens with one attached hydrogen (secondary N) is 1. The van der Waals surface area contributed by atoms with E-state index in [0.717, 1.165) is 17.7 Å². The summed E-state index contributed by atoms with van der Waals surface area (Å²) in [5, 5.41) is 2.80. The molecule has 0 heterocycles. The van der Waals surface area contributed by atoms with Crippen LogP contribution in [0.1, 0.15) is 34.8 Å². The molecule has 0 unspecified atom stereocenters. The molecule has 0 aliphatic carbocycles.